The summed E-state index contributed by atoms with van der Waals surface area (Å²) in [6.45, 7) is 1.58. The van der Waals surface area contributed by atoms with Crippen molar-refractivity contribution in [3.8, 4) is 0 Å². The summed E-state index contributed by atoms with van der Waals surface area (Å²) in [5.41, 5.74) is 1.18. The molecule has 1 N–H and O–H groups in total. The molecule has 4 nitrogen and oxygen atoms in total. The van der Waals surface area contributed by atoms with E-state index in [0.29, 0.717) is 6.54 Å². The summed E-state index contributed by atoms with van der Waals surface area (Å²) in [6.07, 6.45) is 3.39. The molecule has 3 rings (SSSR count). The van der Waals surface area contributed by atoms with Crippen LogP contribution in [0, 0.1) is 0 Å². The molecule has 1 aliphatic rings. The number of aliphatic hydroxyl groups excluding tert-OH is 1. The van der Waals surface area contributed by atoms with Gasteiger partial charge in [-0.05, 0) is 0 Å². The summed E-state index contributed by atoms with van der Waals surface area (Å²) in [5, 5.41) is 9.87. The summed E-state index contributed by atoms with van der Waals surface area (Å²) in [4.78, 5) is 6.28. The van der Waals surface area contributed by atoms with Gasteiger partial charge in [-0.1, -0.05) is 11.3 Å². The molecule has 0 spiro atoms. The van der Waals surface area contributed by atoms with Gasteiger partial charge in [0.1, 0.15) is 6.10 Å². The number of β-amino-alcohol motifs (C(OH)–C–C–N with tert-alkyl or cyclic N) is 1. The van der Waals surface area contributed by atoms with Gasteiger partial charge in [0.2, 0.25) is 0 Å². The maximum absolute atomic E-state index is 9.87. The molecule has 0 aromatic carbocycles. The minimum absolute atomic E-state index is 0.359. The molecular weight excluding hydrogens is 313 g/mol. The van der Waals surface area contributed by atoms with Crippen molar-refractivity contribution >= 4 is 39.2 Å². The Bertz CT molecular complexity index is 480. The number of hydrogen-bond acceptors (Lipinski definition) is 4. The molecule has 0 aliphatic carbocycles. The van der Waals surface area contributed by atoms with E-state index < -0.39 is 0 Å². The number of halogens is 1. The second kappa shape index (κ2) is 3.16. The Labute approximate surface area is 98.7 Å². The van der Waals surface area contributed by atoms with Crippen molar-refractivity contribution in [3.05, 3.63) is 23.0 Å². The topological polar surface area (TPSA) is 40.8 Å². The Morgan fingerprint density at radius 2 is 2.50 bits per heavy atom. The van der Waals surface area contributed by atoms with E-state index in [-0.39, 0.29) is 6.10 Å². The molecule has 2 aromatic rings. The molecule has 0 amide bonds. The first kappa shape index (κ1) is 9.08. The molecule has 0 fully saturated rings. The number of rotatable bonds is 0. The number of aliphatic hydroxyl groups is 1. The lowest BCUT2D eigenvalue weighted by molar-refractivity contribution is 0.145. The lowest BCUT2D eigenvalue weighted by atomic mass is 10.2. The van der Waals surface area contributed by atoms with Crippen LogP contribution in [0.2, 0.25) is 0 Å². The normalized spacial score (nSPS) is 22.9. The number of imidazole rings is 1. The fourth-order valence-electron chi connectivity index (χ4n) is 1.76. The Kier molecular flexibility index (Phi) is 2.05. The van der Waals surface area contributed by atoms with Gasteiger partial charge in [0.25, 0.3) is 0 Å². The van der Waals surface area contributed by atoms with Crippen LogP contribution in [0.4, 0.5) is 0 Å². The second-order valence-corrected chi connectivity index (χ2v) is 5.69. The molecule has 0 radical (unpaired) electrons. The van der Waals surface area contributed by atoms with Crippen LogP contribution in [0.15, 0.2) is 12.4 Å². The molecule has 2 aromatic heterocycles. The monoisotopic (exact) mass is 321 g/mol. The first-order valence-electron chi connectivity index (χ1n) is 4.29. The van der Waals surface area contributed by atoms with E-state index in [1.54, 1.807) is 17.5 Å². The number of hydrogen-bond donors (Lipinski definition) is 1. The average molecular weight is 321 g/mol. The highest BCUT2D eigenvalue weighted by Crippen LogP contribution is 2.34. The molecular formula is C8H8IN3OS. The minimum Gasteiger partial charge on any atom is -0.386 e. The van der Waals surface area contributed by atoms with E-state index in [0.717, 1.165) is 16.4 Å². The van der Waals surface area contributed by atoms with Crippen LogP contribution < -0.4 is 0 Å². The molecule has 3 heterocycles. The van der Waals surface area contributed by atoms with Crippen molar-refractivity contribution in [3.63, 3.8) is 0 Å². The molecule has 1 atom stereocenters. The van der Waals surface area contributed by atoms with Crippen molar-refractivity contribution < 1.29 is 5.11 Å². The van der Waals surface area contributed by atoms with Crippen LogP contribution in [-0.2, 0) is 6.54 Å². The van der Waals surface area contributed by atoms with Gasteiger partial charge in [0.15, 0.2) is 4.96 Å². The van der Waals surface area contributed by atoms with Gasteiger partial charge in [-0.25, -0.2) is 8.10 Å². The van der Waals surface area contributed by atoms with Gasteiger partial charge in [-0.15, -0.1) is 0 Å². The predicted molar refractivity (Wildman–Crippen MR) is 62.5 cm³/mol. The van der Waals surface area contributed by atoms with Crippen molar-refractivity contribution in [1.82, 2.24) is 12.5 Å². The molecule has 1 unspecified atom stereocenters. The zero-order valence-corrected chi connectivity index (χ0v) is 10.2. The fraction of sp³-hybridized carbons (Fsp3) is 0.375. The van der Waals surface area contributed by atoms with E-state index in [1.807, 2.05) is 6.20 Å². The van der Waals surface area contributed by atoms with Gasteiger partial charge in [-0.3, -0.25) is 4.40 Å². The first-order valence-corrected chi connectivity index (χ1v) is 6.07. The van der Waals surface area contributed by atoms with Crippen molar-refractivity contribution in [1.29, 1.82) is 0 Å². The van der Waals surface area contributed by atoms with Crippen LogP contribution in [-0.4, -0.2) is 24.1 Å². The molecule has 0 bridgehead atoms. The summed E-state index contributed by atoms with van der Waals surface area (Å²) in [7, 11) is 0. The number of fused-ring (bicyclic) bond motifs is 3. The predicted octanol–water partition coefficient (Wildman–Crippen LogP) is 1.59. The standard InChI is InChI=1S/C8H8IN3OS/c9-11-3-5-7(6(13)4-11)14-8-10-1-2-12(5)8/h1-2,6,13H,3-4H2. The van der Waals surface area contributed by atoms with Crippen molar-refractivity contribution in [2.24, 2.45) is 0 Å². The van der Waals surface area contributed by atoms with E-state index in [4.69, 9.17) is 0 Å². The van der Waals surface area contributed by atoms with E-state index in [9.17, 15) is 5.11 Å². The van der Waals surface area contributed by atoms with Gasteiger partial charge >= 0.3 is 0 Å². The Morgan fingerprint density at radius 1 is 1.64 bits per heavy atom. The Balaban J connectivity index is 2.25. The summed E-state index contributed by atoms with van der Waals surface area (Å²) in [6, 6.07) is 0. The van der Waals surface area contributed by atoms with Crippen LogP contribution in [0.25, 0.3) is 4.96 Å². The SMILES string of the molecule is OC1CN(I)Cc2c1sc1nccn21. The van der Waals surface area contributed by atoms with E-state index >= 15 is 0 Å². The second-order valence-electron chi connectivity index (χ2n) is 3.31. The van der Waals surface area contributed by atoms with Crippen LogP contribution in [0.3, 0.4) is 0 Å². The third kappa shape index (κ3) is 1.21. The molecule has 0 saturated heterocycles. The van der Waals surface area contributed by atoms with Crippen LogP contribution in [0.1, 0.15) is 16.7 Å². The quantitative estimate of drug-likeness (QED) is 0.592. The summed E-state index contributed by atoms with van der Waals surface area (Å²) in [5.74, 6) is 0. The molecule has 74 valence electrons. The summed E-state index contributed by atoms with van der Waals surface area (Å²) < 4.78 is 4.16. The molecule has 0 saturated carbocycles. The van der Waals surface area contributed by atoms with E-state index in [1.165, 1.54) is 5.69 Å². The lowest BCUT2D eigenvalue weighted by Gasteiger charge is -2.24. The summed E-state index contributed by atoms with van der Waals surface area (Å²) >= 11 is 3.83. The number of nitrogens with zero attached hydrogens (tertiary/aromatic N) is 3. The zero-order valence-electron chi connectivity index (χ0n) is 7.22. The zero-order chi connectivity index (χ0) is 9.71. The smallest absolute Gasteiger partial charge is 0.194 e. The minimum atomic E-state index is -0.359. The van der Waals surface area contributed by atoms with E-state index in [2.05, 4.69) is 35.4 Å². The molecule has 14 heavy (non-hydrogen) atoms. The highest BCUT2D eigenvalue weighted by atomic mass is 127. The fourth-order valence-corrected chi connectivity index (χ4v) is 3.53. The van der Waals surface area contributed by atoms with Gasteiger partial charge in [0, 0.05) is 41.8 Å². The maximum Gasteiger partial charge on any atom is 0.194 e. The number of aromatic nitrogens is 2. The number of thiazole rings is 1. The maximum atomic E-state index is 9.87. The highest BCUT2D eigenvalue weighted by Gasteiger charge is 2.26. The average Bonchev–Trinajstić information content (AvgIpc) is 2.65. The third-order valence-electron chi connectivity index (χ3n) is 2.38. The van der Waals surface area contributed by atoms with Gasteiger partial charge in [0.05, 0.1) is 17.1 Å². The largest absolute Gasteiger partial charge is 0.386 e. The van der Waals surface area contributed by atoms with Crippen LogP contribution in [0.5, 0.6) is 0 Å². The van der Waals surface area contributed by atoms with Gasteiger partial charge in [-0.2, -0.15) is 0 Å². The van der Waals surface area contributed by atoms with Crippen molar-refractivity contribution in [2.75, 3.05) is 6.54 Å². The lowest BCUT2D eigenvalue weighted by Crippen LogP contribution is -2.25. The Hall–Kier alpha value is -0.180. The third-order valence-corrected chi connectivity index (χ3v) is 4.33. The molecule has 6 heteroatoms. The molecule has 1 aliphatic heterocycles. The van der Waals surface area contributed by atoms with Crippen molar-refractivity contribution in [2.45, 2.75) is 12.6 Å². The first-order chi connectivity index (χ1) is 6.75. The van der Waals surface area contributed by atoms with Crippen LogP contribution >= 0.6 is 34.2 Å². The highest BCUT2D eigenvalue weighted by molar-refractivity contribution is 14.1. The van der Waals surface area contributed by atoms with Gasteiger partial charge < -0.3 is 5.11 Å². The Morgan fingerprint density at radius 3 is 3.36 bits per heavy atom.